The van der Waals surface area contributed by atoms with Crippen molar-refractivity contribution in [3.05, 3.63) is 0 Å². The van der Waals surface area contributed by atoms with E-state index in [4.69, 9.17) is 4.11 Å². The summed E-state index contributed by atoms with van der Waals surface area (Å²) in [4.78, 5) is 0. The minimum atomic E-state index is -2.38. The van der Waals surface area contributed by atoms with Crippen LogP contribution in [-0.2, 0) is 0 Å². The second-order valence-corrected chi connectivity index (χ2v) is 5.50. The highest BCUT2D eigenvalue weighted by molar-refractivity contribution is 5.19. The Kier molecular flexibility index (Phi) is 1.04. The Morgan fingerprint density at radius 2 is 1.92 bits per heavy atom. The Bertz CT molecular complexity index is 326. The van der Waals surface area contributed by atoms with Crippen molar-refractivity contribution in [3.63, 3.8) is 0 Å². The normalized spacial score (nSPS) is 63.0. The second kappa shape index (κ2) is 2.12. The first-order valence-electron chi connectivity index (χ1n) is 6.38. The van der Waals surface area contributed by atoms with Crippen LogP contribution in [-0.4, -0.2) is 21.9 Å². The summed E-state index contributed by atoms with van der Waals surface area (Å²) in [5.41, 5.74) is -2.74. The Labute approximate surface area is 84.2 Å². The van der Waals surface area contributed by atoms with E-state index in [1.165, 1.54) is 0 Å². The molecule has 2 saturated carbocycles. The summed E-state index contributed by atoms with van der Waals surface area (Å²) < 4.78 is 22.6. The fraction of sp³-hybridized carbons (Fsp3) is 1.00. The molecule has 0 aromatic heterocycles. The van der Waals surface area contributed by atoms with Crippen LogP contribution in [0.4, 0.5) is 0 Å². The molecule has 0 radical (unpaired) electrons. The van der Waals surface area contributed by atoms with Crippen LogP contribution < -0.4 is 0 Å². The zero-order valence-electron chi connectivity index (χ0n) is 11.5. The monoisotopic (exact) mass is 187 g/mol. The Morgan fingerprint density at radius 3 is 2.23 bits per heavy atom. The van der Waals surface area contributed by atoms with Crippen molar-refractivity contribution >= 4 is 0 Å². The topological polar surface area (TPSA) is 40.5 Å². The van der Waals surface area contributed by atoms with E-state index in [2.05, 4.69) is 0 Å². The Morgan fingerprint density at radius 1 is 1.31 bits per heavy atom. The van der Waals surface area contributed by atoms with Gasteiger partial charge in [0, 0.05) is 9.53 Å². The standard InChI is InChI=1S/C11H20O2/c1-9(2)7-5-11(4,13)10(9,3)6-8(7)12/h7-8,12-13H,5-6H2,1-4H3/t7-,8+,10-,11+/m0/s1/i4D3. The minimum Gasteiger partial charge on any atom is -0.393 e. The molecule has 2 N–H and O–H groups in total. The van der Waals surface area contributed by atoms with Gasteiger partial charge in [-0.3, -0.25) is 0 Å². The highest BCUT2D eigenvalue weighted by Crippen LogP contribution is 2.69. The molecule has 2 aliphatic rings. The van der Waals surface area contributed by atoms with Crippen molar-refractivity contribution in [2.75, 3.05) is 0 Å². The van der Waals surface area contributed by atoms with Gasteiger partial charge < -0.3 is 10.2 Å². The molecule has 2 fully saturated rings. The fourth-order valence-electron chi connectivity index (χ4n) is 3.35. The molecular weight excluding hydrogens is 164 g/mol. The van der Waals surface area contributed by atoms with Gasteiger partial charge in [-0.05, 0) is 31.0 Å². The zero-order valence-corrected chi connectivity index (χ0v) is 8.46. The van der Waals surface area contributed by atoms with E-state index >= 15 is 0 Å². The molecule has 13 heavy (non-hydrogen) atoms. The summed E-state index contributed by atoms with van der Waals surface area (Å²) in [7, 11) is 0. The molecule has 0 aliphatic heterocycles. The van der Waals surface area contributed by atoms with Crippen LogP contribution >= 0.6 is 0 Å². The van der Waals surface area contributed by atoms with E-state index < -0.39 is 24.0 Å². The molecule has 2 bridgehead atoms. The van der Waals surface area contributed by atoms with Crippen LogP contribution in [0.2, 0.25) is 0 Å². The van der Waals surface area contributed by atoms with Crippen LogP contribution in [0.1, 0.15) is 44.6 Å². The minimum absolute atomic E-state index is 0.122. The summed E-state index contributed by atoms with van der Waals surface area (Å²) in [5, 5.41) is 20.5. The molecule has 0 unspecified atom stereocenters. The van der Waals surface area contributed by atoms with E-state index in [1.54, 1.807) is 6.92 Å². The third kappa shape index (κ3) is 0.816. The maximum atomic E-state index is 10.6. The van der Waals surface area contributed by atoms with Crippen LogP contribution in [0.5, 0.6) is 0 Å². The van der Waals surface area contributed by atoms with Gasteiger partial charge in [-0.1, -0.05) is 20.8 Å². The van der Waals surface area contributed by atoms with E-state index in [9.17, 15) is 10.2 Å². The third-order valence-corrected chi connectivity index (χ3v) is 4.86. The van der Waals surface area contributed by atoms with Gasteiger partial charge in [0.15, 0.2) is 0 Å². The largest absolute Gasteiger partial charge is 0.393 e. The van der Waals surface area contributed by atoms with Crippen molar-refractivity contribution in [3.8, 4) is 0 Å². The SMILES string of the molecule is [2H]C([2H])([2H])[C@@]1(O)C[C@H]2[C@H](O)C[C@@]1(C)C2(C)C. The number of aliphatic hydroxyl groups is 2. The molecule has 0 aromatic carbocycles. The Hall–Kier alpha value is -0.0800. The quantitative estimate of drug-likeness (QED) is 0.604. The molecule has 0 amide bonds. The first-order valence-corrected chi connectivity index (χ1v) is 4.88. The fourth-order valence-corrected chi connectivity index (χ4v) is 3.35. The average Bonchev–Trinajstić information content (AvgIpc) is 2.32. The molecule has 2 rings (SSSR count). The van der Waals surface area contributed by atoms with Crippen molar-refractivity contribution in [2.45, 2.75) is 52.2 Å². The summed E-state index contributed by atoms with van der Waals surface area (Å²) in [6.07, 6.45) is 0.0656. The maximum Gasteiger partial charge on any atom is 0.0683 e. The highest BCUT2D eigenvalue weighted by Gasteiger charge is 2.69. The van der Waals surface area contributed by atoms with Gasteiger partial charge in [0.05, 0.1) is 11.7 Å². The molecule has 2 heteroatoms. The number of fused-ring (bicyclic) bond motifs is 2. The molecule has 76 valence electrons. The van der Waals surface area contributed by atoms with Gasteiger partial charge in [0.2, 0.25) is 0 Å². The summed E-state index contributed by atoms with van der Waals surface area (Å²) in [6.45, 7) is 3.33. The van der Waals surface area contributed by atoms with Crippen molar-refractivity contribution < 1.29 is 14.3 Å². The first-order chi connectivity index (χ1) is 6.97. The van der Waals surface area contributed by atoms with E-state index in [-0.39, 0.29) is 17.8 Å². The number of rotatable bonds is 0. The smallest absolute Gasteiger partial charge is 0.0683 e. The van der Waals surface area contributed by atoms with E-state index in [0.717, 1.165) is 0 Å². The van der Waals surface area contributed by atoms with Gasteiger partial charge in [0.25, 0.3) is 0 Å². The van der Waals surface area contributed by atoms with Gasteiger partial charge in [-0.2, -0.15) is 0 Å². The molecule has 2 aliphatic carbocycles. The van der Waals surface area contributed by atoms with Gasteiger partial charge in [-0.15, -0.1) is 0 Å². The van der Waals surface area contributed by atoms with Crippen molar-refractivity contribution in [1.82, 2.24) is 0 Å². The molecule has 0 heterocycles. The number of aliphatic hydroxyl groups excluding tert-OH is 1. The molecular formula is C11H20O2. The lowest BCUT2D eigenvalue weighted by Crippen LogP contribution is -2.45. The third-order valence-electron chi connectivity index (χ3n) is 4.86. The van der Waals surface area contributed by atoms with Gasteiger partial charge in [-0.25, -0.2) is 0 Å². The summed E-state index contributed by atoms with van der Waals surface area (Å²) in [6, 6.07) is 0. The van der Waals surface area contributed by atoms with Crippen LogP contribution in [0, 0.1) is 16.7 Å². The first kappa shape index (κ1) is 6.41. The molecule has 2 nitrogen and oxygen atoms in total. The predicted octanol–water partition coefficient (Wildman–Crippen LogP) is 1.55. The number of hydrogen-bond acceptors (Lipinski definition) is 2. The lowest BCUT2D eigenvalue weighted by atomic mass is 9.65. The lowest BCUT2D eigenvalue weighted by Gasteiger charge is -2.43. The van der Waals surface area contributed by atoms with Crippen molar-refractivity contribution in [2.24, 2.45) is 16.7 Å². The van der Waals surface area contributed by atoms with Crippen LogP contribution in [0.25, 0.3) is 0 Å². The van der Waals surface area contributed by atoms with E-state index in [0.29, 0.717) is 6.42 Å². The van der Waals surface area contributed by atoms with E-state index in [1.807, 2.05) is 13.8 Å². The van der Waals surface area contributed by atoms with Gasteiger partial charge in [0.1, 0.15) is 0 Å². The van der Waals surface area contributed by atoms with Crippen molar-refractivity contribution in [1.29, 1.82) is 0 Å². The molecule has 0 aromatic rings. The second-order valence-electron chi connectivity index (χ2n) is 5.50. The highest BCUT2D eigenvalue weighted by atomic mass is 16.3. The maximum absolute atomic E-state index is 10.6. The zero-order chi connectivity index (χ0) is 12.6. The molecule has 4 atom stereocenters. The molecule has 0 saturated heterocycles. The van der Waals surface area contributed by atoms with Gasteiger partial charge >= 0.3 is 0 Å². The average molecular weight is 187 g/mol. The predicted molar refractivity (Wildman–Crippen MR) is 51.2 cm³/mol. The van der Waals surface area contributed by atoms with Crippen LogP contribution in [0.3, 0.4) is 0 Å². The Balaban J connectivity index is 2.52. The summed E-state index contributed by atoms with van der Waals surface area (Å²) >= 11 is 0. The molecule has 0 spiro atoms. The number of hydrogen-bond donors (Lipinski definition) is 2. The van der Waals surface area contributed by atoms with Crippen LogP contribution in [0.15, 0.2) is 0 Å². The lowest BCUT2D eigenvalue weighted by molar-refractivity contribution is -0.0885. The summed E-state index contributed by atoms with van der Waals surface area (Å²) in [5.74, 6) is -0.122.